The van der Waals surface area contributed by atoms with Gasteiger partial charge in [-0.2, -0.15) is 0 Å². The van der Waals surface area contributed by atoms with Gasteiger partial charge in [0.05, 0.1) is 0 Å². The zero-order valence-electron chi connectivity index (χ0n) is 14.2. The number of hydrogen-bond acceptors (Lipinski definition) is 1. The molecule has 0 atom stereocenters. The van der Waals surface area contributed by atoms with Crippen LogP contribution >= 0.6 is 0 Å². The van der Waals surface area contributed by atoms with Crippen molar-refractivity contribution in [3.05, 3.63) is 0 Å². The molecule has 0 saturated heterocycles. The lowest BCUT2D eigenvalue weighted by Gasteiger charge is -2.03. The van der Waals surface area contributed by atoms with Gasteiger partial charge in [-0.25, -0.2) is 0 Å². The van der Waals surface area contributed by atoms with Crippen molar-refractivity contribution in [1.29, 1.82) is 0 Å². The Morgan fingerprint density at radius 1 is 0.636 bits per heavy atom. The molecule has 4 heteroatoms. The number of carboxylic acid groups (broad SMARTS) is 1. The maximum atomic E-state index is 10.3. The lowest BCUT2D eigenvalue weighted by Crippen LogP contribution is -1.93. The van der Waals surface area contributed by atoms with Crippen molar-refractivity contribution in [2.45, 2.75) is 110 Å². The van der Waals surface area contributed by atoms with Crippen molar-refractivity contribution in [3.63, 3.8) is 0 Å². The van der Waals surface area contributed by atoms with Crippen molar-refractivity contribution in [3.8, 4) is 0 Å². The molecule has 0 aromatic rings. The first-order chi connectivity index (χ1) is 9.77. The third kappa shape index (κ3) is 25.2. The minimum Gasteiger partial charge on any atom is -0.481 e. The quantitative estimate of drug-likeness (QED) is 0.332. The van der Waals surface area contributed by atoms with Gasteiger partial charge in [0.1, 0.15) is 0 Å². The van der Waals surface area contributed by atoms with Crippen molar-refractivity contribution in [2.24, 2.45) is 0 Å². The summed E-state index contributed by atoms with van der Waals surface area (Å²) in [5.41, 5.74) is 0. The third-order valence-corrected chi connectivity index (χ3v) is 3.99. The fourth-order valence-corrected chi connectivity index (χ4v) is 2.65. The van der Waals surface area contributed by atoms with Gasteiger partial charge in [-0.3, -0.25) is 4.79 Å². The topological polar surface area (TPSA) is 68.8 Å². The molecule has 0 radical (unpaired) electrons. The highest BCUT2D eigenvalue weighted by Crippen LogP contribution is 2.13. The average Bonchev–Trinajstić information content (AvgIpc) is 2.43. The molecule has 3 nitrogen and oxygen atoms in total. The first-order valence-corrected chi connectivity index (χ1v) is 8.99. The summed E-state index contributed by atoms with van der Waals surface area (Å²) >= 11 is 0. The maximum absolute atomic E-state index is 10.3. The van der Waals surface area contributed by atoms with Gasteiger partial charge < -0.3 is 10.6 Å². The van der Waals surface area contributed by atoms with Crippen LogP contribution in [-0.4, -0.2) is 39.6 Å². The van der Waals surface area contributed by atoms with Crippen molar-refractivity contribution >= 4 is 29.0 Å². The van der Waals surface area contributed by atoms with Gasteiger partial charge in [-0.05, 0) is 6.42 Å². The van der Waals surface area contributed by atoms with Crippen LogP contribution in [0.25, 0.3) is 0 Å². The monoisotopic (exact) mass is 328 g/mol. The van der Waals surface area contributed by atoms with E-state index in [9.17, 15) is 4.79 Å². The molecule has 0 aliphatic rings. The zero-order valence-corrected chi connectivity index (χ0v) is 14.2. The Hall–Kier alpha value is 0.196. The Bertz CT molecular complexity index is 211. The molecular weight excluding hydrogens is 288 g/mol. The van der Waals surface area contributed by atoms with E-state index in [4.69, 9.17) is 5.11 Å². The molecule has 3 N–H and O–H groups in total. The molecule has 0 rings (SSSR count). The summed E-state index contributed by atoms with van der Waals surface area (Å²) in [6.45, 7) is 2.27. The lowest BCUT2D eigenvalue weighted by molar-refractivity contribution is -0.137. The number of rotatable bonds is 16. The second-order valence-electron chi connectivity index (χ2n) is 6.09. The Labute approximate surface area is 154 Å². The minimum atomic E-state index is -0.653. The number of unbranched alkanes of at least 4 members (excludes halogenated alkanes) is 14. The fourth-order valence-electron chi connectivity index (χ4n) is 2.65. The fraction of sp³-hybridized carbons (Fsp3) is 0.944. The lowest BCUT2D eigenvalue weighted by atomic mass is 10.0. The smallest absolute Gasteiger partial charge is 0.316 e. The summed E-state index contributed by atoms with van der Waals surface area (Å²) in [7, 11) is 0. The molecule has 0 spiro atoms. The molecule has 0 bridgehead atoms. The Morgan fingerprint density at radius 3 is 1.18 bits per heavy atom. The van der Waals surface area contributed by atoms with E-state index < -0.39 is 5.97 Å². The van der Waals surface area contributed by atoms with Crippen LogP contribution in [0.5, 0.6) is 0 Å². The average molecular weight is 329 g/mol. The van der Waals surface area contributed by atoms with Crippen molar-refractivity contribution in [1.82, 2.24) is 0 Å². The largest absolute Gasteiger partial charge is 0.481 e. The third-order valence-electron chi connectivity index (χ3n) is 3.99. The predicted octanol–water partition coefficient (Wildman–Crippen LogP) is 4.59. The van der Waals surface area contributed by atoms with Crippen LogP contribution in [0.3, 0.4) is 0 Å². The van der Waals surface area contributed by atoms with Gasteiger partial charge in [0.2, 0.25) is 0 Å². The van der Waals surface area contributed by atoms with Crippen LogP contribution < -0.4 is 0 Å². The molecule has 0 saturated carbocycles. The van der Waals surface area contributed by atoms with Gasteiger partial charge in [-0.15, -0.1) is 0 Å². The van der Waals surface area contributed by atoms with Crippen LogP contribution in [0.15, 0.2) is 0 Å². The van der Waals surface area contributed by atoms with Crippen molar-refractivity contribution < 1.29 is 15.4 Å². The second-order valence-corrected chi connectivity index (χ2v) is 6.09. The Morgan fingerprint density at radius 2 is 0.909 bits per heavy atom. The van der Waals surface area contributed by atoms with E-state index in [2.05, 4.69) is 6.92 Å². The van der Waals surface area contributed by atoms with E-state index in [1.165, 1.54) is 83.5 Å². The van der Waals surface area contributed by atoms with Crippen LogP contribution in [0.1, 0.15) is 110 Å². The van der Waals surface area contributed by atoms with E-state index in [0.29, 0.717) is 6.42 Å². The molecule has 0 amide bonds. The summed E-state index contributed by atoms with van der Waals surface area (Å²) < 4.78 is 0. The second kappa shape index (κ2) is 23.5. The molecule has 0 unspecified atom stereocenters. The number of carbonyl (C=O) groups is 1. The molecule has 0 aliphatic carbocycles. The first-order valence-electron chi connectivity index (χ1n) is 8.99. The van der Waals surface area contributed by atoms with Crippen LogP contribution in [0.2, 0.25) is 0 Å². The molecule has 0 heterocycles. The molecule has 0 fully saturated rings. The molecular formula is C18H40MgO3. The minimum absolute atomic E-state index is 0. The molecule has 132 valence electrons. The SMILES string of the molecule is CCCCCCCCCCCCCCCCCC(=O)O.O.[MgH2]. The molecule has 0 aliphatic heterocycles. The highest BCUT2D eigenvalue weighted by atomic mass is 24.3. The van der Waals surface area contributed by atoms with Gasteiger partial charge >= 0.3 is 29.0 Å². The van der Waals surface area contributed by atoms with Crippen molar-refractivity contribution in [2.75, 3.05) is 0 Å². The van der Waals surface area contributed by atoms with Gasteiger partial charge in [0, 0.05) is 6.42 Å². The summed E-state index contributed by atoms with van der Waals surface area (Å²) in [5, 5.41) is 8.52. The Balaban J connectivity index is -0.00000180. The molecule has 0 aromatic carbocycles. The normalized spacial score (nSPS) is 9.86. The van der Waals surface area contributed by atoms with Gasteiger partial charge in [0.25, 0.3) is 0 Å². The molecule has 0 aromatic heterocycles. The summed E-state index contributed by atoms with van der Waals surface area (Å²) in [6, 6.07) is 0. The van der Waals surface area contributed by atoms with E-state index in [1.54, 1.807) is 0 Å². The first kappa shape index (κ1) is 27.1. The number of carboxylic acids is 1. The van der Waals surface area contributed by atoms with E-state index >= 15 is 0 Å². The number of hydrogen-bond donors (Lipinski definition) is 1. The highest BCUT2D eigenvalue weighted by Gasteiger charge is 1.97. The zero-order chi connectivity index (χ0) is 14.9. The van der Waals surface area contributed by atoms with Gasteiger partial charge in [-0.1, -0.05) is 96.8 Å². The maximum Gasteiger partial charge on any atom is 0.316 e. The standard InChI is InChI=1S/C18H36O2.Mg.H2O.2H/c1-2-3-4-5-6-7-8-9-10-11-12-13-14-15-16-17-18(19)20;;;;/h2-17H2,1H3,(H,19,20);;1H2;;. The van der Waals surface area contributed by atoms with E-state index in [-0.39, 0.29) is 28.5 Å². The summed E-state index contributed by atoms with van der Waals surface area (Å²) in [6.07, 6.45) is 20.2. The van der Waals surface area contributed by atoms with E-state index in [1.807, 2.05) is 0 Å². The van der Waals surface area contributed by atoms with Crippen LogP contribution in [-0.2, 0) is 4.79 Å². The van der Waals surface area contributed by atoms with Crippen LogP contribution in [0, 0.1) is 0 Å². The van der Waals surface area contributed by atoms with Crippen LogP contribution in [0.4, 0.5) is 0 Å². The van der Waals surface area contributed by atoms with E-state index in [0.717, 1.165) is 12.8 Å². The summed E-state index contributed by atoms with van der Waals surface area (Å²) in [4.78, 5) is 10.3. The van der Waals surface area contributed by atoms with Gasteiger partial charge in [0.15, 0.2) is 0 Å². The predicted molar refractivity (Wildman–Crippen MR) is 99.3 cm³/mol. The number of aliphatic carboxylic acids is 1. The highest BCUT2D eigenvalue weighted by molar-refractivity contribution is 5.75. The summed E-state index contributed by atoms with van der Waals surface area (Å²) in [5.74, 6) is -0.653. The Kier molecular flexibility index (Phi) is 28.9. The molecule has 22 heavy (non-hydrogen) atoms.